The number of rotatable bonds is 4. The van der Waals surface area contributed by atoms with Crippen LogP contribution in [0.2, 0.25) is 0 Å². The van der Waals surface area contributed by atoms with Crippen LogP contribution < -0.4 is 10.9 Å². The van der Waals surface area contributed by atoms with Crippen LogP contribution >= 0.6 is 0 Å². The fourth-order valence-corrected chi connectivity index (χ4v) is 5.24. The molecule has 1 aliphatic heterocycles. The molecule has 1 amide bonds. The number of benzene rings is 1. The number of fused-ring (bicyclic) bond motifs is 1. The smallest absolute Gasteiger partial charge is 0.281 e. The summed E-state index contributed by atoms with van der Waals surface area (Å²) in [6, 6.07) is 9.38. The monoisotopic (exact) mass is 440 g/mol. The summed E-state index contributed by atoms with van der Waals surface area (Å²) in [5, 5.41) is 2.63. The van der Waals surface area contributed by atoms with Gasteiger partial charge in [-0.15, -0.1) is 0 Å². The van der Waals surface area contributed by atoms with Crippen molar-refractivity contribution in [3.8, 4) is 0 Å². The van der Waals surface area contributed by atoms with Gasteiger partial charge < -0.3 is 5.32 Å². The zero-order chi connectivity index (χ0) is 22.2. The summed E-state index contributed by atoms with van der Waals surface area (Å²) in [5.74, 6) is -0.503. The van der Waals surface area contributed by atoms with E-state index in [0.717, 1.165) is 24.8 Å². The minimum absolute atomic E-state index is 0.0955. The first-order valence-electron chi connectivity index (χ1n) is 10.2. The second-order valence-corrected chi connectivity index (χ2v) is 9.69. The van der Waals surface area contributed by atoms with E-state index in [9.17, 15) is 18.0 Å². The number of piperidine rings is 1. The van der Waals surface area contributed by atoms with E-state index in [1.807, 2.05) is 13.0 Å². The SMILES string of the molecule is Cc1ccc2nc(C)c(NC(=O)c3ccc(S(=O)(=O)N4CCCCC4)cc3)c(=O)n2c1. The van der Waals surface area contributed by atoms with Gasteiger partial charge in [0.25, 0.3) is 11.5 Å². The van der Waals surface area contributed by atoms with Gasteiger partial charge in [-0.1, -0.05) is 12.5 Å². The number of carbonyl (C=O) groups excluding carboxylic acids is 1. The van der Waals surface area contributed by atoms with Crippen molar-refractivity contribution >= 4 is 27.3 Å². The molecule has 3 heterocycles. The molecule has 2 aromatic heterocycles. The maximum Gasteiger partial charge on any atom is 0.281 e. The highest BCUT2D eigenvalue weighted by atomic mass is 32.2. The fraction of sp³-hybridized carbons (Fsp3) is 0.318. The maximum absolute atomic E-state index is 12.9. The Kier molecular flexibility index (Phi) is 5.63. The molecule has 3 aromatic rings. The van der Waals surface area contributed by atoms with Gasteiger partial charge in [0.2, 0.25) is 10.0 Å². The number of pyridine rings is 1. The van der Waals surface area contributed by atoms with E-state index in [-0.39, 0.29) is 21.7 Å². The highest BCUT2D eigenvalue weighted by molar-refractivity contribution is 7.89. The van der Waals surface area contributed by atoms with Crippen molar-refractivity contribution in [2.45, 2.75) is 38.0 Å². The zero-order valence-electron chi connectivity index (χ0n) is 17.5. The number of nitrogens with one attached hydrogen (secondary N) is 1. The lowest BCUT2D eigenvalue weighted by Crippen LogP contribution is -2.35. The average molecular weight is 441 g/mol. The molecular formula is C22H24N4O4S. The number of carbonyl (C=O) groups is 1. The van der Waals surface area contributed by atoms with Gasteiger partial charge >= 0.3 is 0 Å². The Morgan fingerprint density at radius 1 is 1.00 bits per heavy atom. The molecule has 4 rings (SSSR count). The van der Waals surface area contributed by atoms with E-state index < -0.39 is 15.9 Å². The van der Waals surface area contributed by atoms with Crippen molar-refractivity contribution in [1.29, 1.82) is 0 Å². The maximum atomic E-state index is 12.9. The summed E-state index contributed by atoms with van der Waals surface area (Å²) in [4.78, 5) is 30.1. The van der Waals surface area contributed by atoms with Crippen LogP contribution in [0.4, 0.5) is 5.69 Å². The van der Waals surface area contributed by atoms with Crippen LogP contribution in [0.25, 0.3) is 5.65 Å². The molecule has 9 heteroatoms. The van der Waals surface area contributed by atoms with E-state index in [4.69, 9.17) is 0 Å². The van der Waals surface area contributed by atoms with Crippen LogP contribution in [0.3, 0.4) is 0 Å². The number of nitrogens with zero attached hydrogens (tertiary/aromatic N) is 3. The van der Waals surface area contributed by atoms with Crippen LogP contribution in [0.15, 0.2) is 52.3 Å². The number of aromatic nitrogens is 2. The third-order valence-electron chi connectivity index (χ3n) is 5.46. The topological polar surface area (TPSA) is 101 Å². The van der Waals surface area contributed by atoms with E-state index in [2.05, 4.69) is 10.3 Å². The minimum Gasteiger partial charge on any atom is -0.316 e. The van der Waals surface area contributed by atoms with Gasteiger partial charge in [-0.3, -0.25) is 14.0 Å². The molecule has 162 valence electrons. The Bertz CT molecular complexity index is 1310. The molecule has 1 fully saturated rings. The normalized spacial score (nSPS) is 15.2. The molecular weight excluding hydrogens is 416 g/mol. The second-order valence-electron chi connectivity index (χ2n) is 7.76. The number of sulfonamides is 1. The molecule has 31 heavy (non-hydrogen) atoms. The number of aryl methyl sites for hydroxylation is 2. The first kappa shape index (κ1) is 21.2. The lowest BCUT2D eigenvalue weighted by Gasteiger charge is -2.25. The average Bonchev–Trinajstić information content (AvgIpc) is 2.78. The van der Waals surface area contributed by atoms with E-state index >= 15 is 0 Å². The van der Waals surface area contributed by atoms with Gasteiger partial charge in [-0.2, -0.15) is 4.31 Å². The molecule has 1 N–H and O–H groups in total. The number of anilines is 1. The zero-order valence-corrected chi connectivity index (χ0v) is 18.3. The molecule has 0 spiro atoms. The third-order valence-corrected chi connectivity index (χ3v) is 7.37. The van der Waals surface area contributed by atoms with Gasteiger partial charge in [0.1, 0.15) is 11.3 Å². The molecule has 0 atom stereocenters. The van der Waals surface area contributed by atoms with Crippen LogP contribution in [0.5, 0.6) is 0 Å². The fourth-order valence-electron chi connectivity index (χ4n) is 3.72. The summed E-state index contributed by atoms with van der Waals surface area (Å²) >= 11 is 0. The van der Waals surface area contributed by atoms with Crippen molar-refractivity contribution in [2.75, 3.05) is 18.4 Å². The molecule has 0 unspecified atom stereocenters. The predicted molar refractivity (Wildman–Crippen MR) is 118 cm³/mol. The van der Waals surface area contributed by atoms with Gasteiger partial charge in [0, 0.05) is 24.8 Å². The second kappa shape index (κ2) is 8.24. The van der Waals surface area contributed by atoms with Crippen molar-refractivity contribution in [3.63, 3.8) is 0 Å². The van der Waals surface area contributed by atoms with E-state index in [1.165, 1.54) is 33.0 Å². The molecule has 0 saturated carbocycles. The van der Waals surface area contributed by atoms with Crippen LogP contribution in [-0.2, 0) is 10.0 Å². The lowest BCUT2D eigenvalue weighted by molar-refractivity contribution is 0.102. The quantitative estimate of drug-likeness (QED) is 0.672. The molecule has 8 nitrogen and oxygen atoms in total. The summed E-state index contributed by atoms with van der Waals surface area (Å²) in [6.45, 7) is 4.55. The van der Waals surface area contributed by atoms with Crippen molar-refractivity contribution in [1.82, 2.24) is 13.7 Å². The third kappa shape index (κ3) is 4.11. The molecule has 1 aromatic carbocycles. The van der Waals surface area contributed by atoms with E-state index in [1.54, 1.807) is 19.2 Å². The molecule has 1 aliphatic rings. The molecule has 1 saturated heterocycles. The minimum atomic E-state index is -3.57. The Morgan fingerprint density at radius 2 is 1.68 bits per heavy atom. The van der Waals surface area contributed by atoms with Crippen molar-refractivity contribution in [3.05, 3.63) is 69.8 Å². The first-order chi connectivity index (χ1) is 14.8. The number of hydrogen-bond donors (Lipinski definition) is 1. The summed E-state index contributed by atoms with van der Waals surface area (Å²) in [6.07, 6.45) is 4.41. The standard InChI is InChI=1S/C22H24N4O4S/c1-15-6-11-19-23-16(2)20(22(28)26(19)14-15)24-21(27)17-7-9-18(10-8-17)31(29,30)25-12-4-3-5-13-25/h6-11,14H,3-5,12-13H2,1-2H3,(H,24,27). The van der Waals surface area contributed by atoms with Gasteiger partial charge in [-0.25, -0.2) is 13.4 Å². The Morgan fingerprint density at radius 3 is 2.35 bits per heavy atom. The van der Waals surface area contributed by atoms with Crippen LogP contribution in [0.1, 0.15) is 40.9 Å². The molecule has 0 radical (unpaired) electrons. The lowest BCUT2D eigenvalue weighted by atomic mass is 10.2. The first-order valence-corrected chi connectivity index (χ1v) is 11.6. The number of hydrogen-bond acceptors (Lipinski definition) is 5. The summed E-state index contributed by atoms with van der Waals surface area (Å²) in [7, 11) is -3.57. The van der Waals surface area contributed by atoms with Crippen molar-refractivity contribution in [2.24, 2.45) is 0 Å². The summed E-state index contributed by atoms with van der Waals surface area (Å²) < 4.78 is 28.4. The summed E-state index contributed by atoms with van der Waals surface area (Å²) in [5.41, 5.74) is 1.78. The Balaban J connectivity index is 1.59. The molecule has 0 aliphatic carbocycles. The van der Waals surface area contributed by atoms with Gasteiger partial charge in [-0.05, 0) is 62.6 Å². The van der Waals surface area contributed by atoms with Gasteiger partial charge in [0.05, 0.1) is 10.6 Å². The van der Waals surface area contributed by atoms with Crippen LogP contribution in [-0.4, -0.2) is 41.1 Å². The Labute approximate surface area is 180 Å². The van der Waals surface area contributed by atoms with Crippen LogP contribution in [0, 0.1) is 13.8 Å². The molecule has 0 bridgehead atoms. The predicted octanol–water partition coefficient (Wildman–Crippen LogP) is 2.74. The number of amides is 1. The highest BCUT2D eigenvalue weighted by Crippen LogP contribution is 2.21. The largest absolute Gasteiger partial charge is 0.316 e. The van der Waals surface area contributed by atoms with E-state index in [0.29, 0.717) is 24.4 Å². The highest BCUT2D eigenvalue weighted by Gasteiger charge is 2.26. The van der Waals surface area contributed by atoms with Crippen molar-refractivity contribution < 1.29 is 13.2 Å². The van der Waals surface area contributed by atoms with Gasteiger partial charge in [0.15, 0.2) is 0 Å². The Hall–Kier alpha value is -3.04.